The molecule has 1 aromatic rings. The van der Waals surface area contributed by atoms with Gasteiger partial charge in [0.25, 0.3) is 10.2 Å². The summed E-state index contributed by atoms with van der Waals surface area (Å²) < 4.78 is 27.9. The minimum absolute atomic E-state index is 0.0875. The Morgan fingerprint density at radius 2 is 1.81 bits per heavy atom. The molecule has 6 heteroatoms. The molecule has 0 unspecified atom stereocenters. The normalized spacial score (nSPS) is 21.5. The van der Waals surface area contributed by atoms with Crippen molar-refractivity contribution in [3.63, 3.8) is 0 Å². The Morgan fingerprint density at radius 3 is 2.42 bits per heavy atom. The quantitative estimate of drug-likeness (QED) is 0.790. The molecule has 26 heavy (non-hydrogen) atoms. The highest BCUT2D eigenvalue weighted by Crippen LogP contribution is 2.42. The number of hydrogen-bond donors (Lipinski definition) is 0. The highest BCUT2D eigenvalue weighted by atomic mass is 32.2. The third-order valence-corrected chi connectivity index (χ3v) is 7.94. The number of nitrogens with zero attached hydrogens (tertiary/aromatic N) is 3. The summed E-state index contributed by atoms with van der Waals surface area (Å²) in [5.41, 5.74) is 2.96. The van der Waals surface area contributed by atoms with Gasteiger partial charge in [-0.25, -0.2) is 0 Å². The number of rotatable bonds is 5. The van der Waals surface area contributed by atoms with Crippen LogP contribution in [0.5, 0.6) is 0 Å². The minimum atomic E-state index is -3.31. The third kappa shape index (κ3) is 3.84. The summed E-state index contributed by atoms with van der Waals surface area (Å²) in [5, 5.41) is 0. The van der Waals surface area contributed by atoms with Crippen molar-refractivity contribution in [3.05, 3.63) is 35.4 Å². The Kier molecular flexibility index (Phi) is 5.78. The highest BCUT2D eigenvalue weighted by molar-refractivity contribution is 7.86. The largest absolute Gasteiger partial charge is 0.298 e. The van der Waals surface area contributed by atoms with E-state index in [0.717, 1.165) is 32.5 Å². The molecule has 1 fully saturated rings. The fourth-order valence-corrected chi connectivity index (χ4v) is 5.49. The van der Waals surface area contributed by atoms with Crippen molar-refractivity contribution in [1.29, 1.82) is 0 Å². The van der Waals surface area contributed by atoms with Crippen molar-refractivity contribution in [2.45, 2.75) is 45.1 Å². The van der Waals surface area contributed by atoms with E-state index >= 15 is 0 Å². The molecule has 2 aliphatic heterocycles. The van der Waals surface area contributed by atoms with E-state index in [2.05, 4.69) is 43.0 Å². The van der Waals surface area contributed by atoms with Gasteiger partial charge in [-0.2, -0.15) is 17.0 Å². The summed E-state index contributed by atoms with van der Waals surface area (Å²) >= 11 is 0. The van der Waals surface area contributed by atoms with Gasteiger partial charge in [0.05, 0.1) is 0 Å². The summed E-state index contributed by atoms with van der Waals surface area (Å²) in [6, 6.07) is 8.78. The monoisotopic (exact) mass is 379 g/mol. The third-order valence-electron chi connectivity index (χ3n) is 6.00. The average Bonchev–Trinajstić information content (AvgIpc) is 2.60. The molecule has 0 atom stereocenters. The van der Waals surface area contributed by atoms with Gasteiger partial charge < -0.3 is 0 Å². The second kappa shape index (κ2) is 7.58. The van der Waals surface area contributed by atoms with E-state index < -0.39 is 10.2 Å². The van der Waals surface area contributed by atoms with Crippen LogP contribution < -0.4 is 0 Å². The van der Waals surface area contributed by atoms with Gasteiger partial charge in [-0.3, -0.25) is 4.90 Å². The van der Waals surface area contributed by atoms with E-state index in [9.17, 15) is 8.42 Å². The molecule has 0 radical (unpaired) electrons. The maximum absolute atomic E-state index is 12.5. The molecular formula is C20H33N3O2S. The van der Waals surface area contributed by atoms with Crippen molar-refractivity contribution in [3.8, 4) is 0 Å². The summed E-state index contributed by atoms with van der Waals surface area (Å²) in [6.45, 7) is 8.95. The molecule has 146 valence electrons. The maximum atomic E-state index is 12.5. The summed E-state index contributed by atoms with van der Waals surface area (Å²) in [4.78, 5) is 2.58. The van der Waals surface area contributed by atoms with Crippen LogP contribution in [0.15, 0.2) is 24.3 Å². The number of fused-ring (bicyclic) bond motifs is 2. The van der Waals surface area contributed by atoms with Gasteiger partial charge in [0.15, 0.2) is 0 Å². The molecule has 1 saturated heterocycles. The second-order valence-electron chi connectivity index (χ2n) is 8.52. The zero-order valence-electron chi connectivity index (χ0n) is 16.6. The van der Waals surface area contributed by atoms with Crippen molar-refractivity contribution in [2.24, 2.45) is 5.92 Å². The van der Waals surface area contributed by atoms with Gasteiger partial charge in [-0.05, 0) is 42.9 Å². The summed E-state index contributed by atoms with van der Waals surface area (Å²) in [7, 11) is -0.0859. The van der Waals surface area contributed by atoms with E-state index in [1.807, 2.05) is 0 Å². The van der Waals surface area contributed by atoms with E-state index in [-0.39, 0.29) is 5.41 Å². The van der Waals surface area contributed by atoms with Crippen LogP contribution in [0.3, 0.4) is 0 Å². The van der Waals surface area contributed by atoms with Crippen LogP contribution in [0.4, 0.5) is 0 Å². The number of benzene rings is 1. The van der Waals surface area contributed by atoms with Crippen LogP contribution in [0, 0.1) is 5.92 Å². The van der Waals surface area contributed by atoms with Crippen LogP contribution in [-0.2, 0) is 22.2 Å². The molecule has 0 bridgehead atoms. The van der Waals surface area contributed by atoms with Gasteiger partial charge in [-0.1, -0.05) is 38.1 Å². The first-order valence-corrected chi connectivity index (χ1v) is 11.1. The van der Waals surface area contributed by atoms with Gasteiger partial charge >= 0.3 is 0 Å². The molecule has 0 N–H and O–H groups in total. The van der Waals surface area contributed by atoms with Crippen LogP contribution in [0.25, 0.3) is 0 Å². The Hall–Kier alpha value is -0.950. The van der Waals surface area contributed by atoms with E-state index in [4.69, 9.17) is 0 Å². The van der Waals surface area contributed by atoms with E-state index in [0.29, 0.717) is 19.0 Å². The highest BCUT2D eigenvalue weighted by Gasteiger charge is 2.43. The topological polar surface area (TPSA) is 43.9 Å². The van der Waals surface area contributed by atoms with E-state index in [1.54, 1.807) is 18.4 Å². The van der Waals surface area contributed by atoms with Gasteiger partial charge in [0, 0.05) is 45.7 Å². The molecule has 1 aromatic carbocycles. The zero-order valence-corrected chi connectivity index (χ0v) is 17.4. The van der Waals surface area contributed by atoms with E-state index in [1.165, 1.54) is 21.9 Å². The lowest BCUT2D eigenvalue weighted by atomic mass is 9.69. The molecule has 0 saturated carbocycles. The van der Waals surface area contributed by atoms with Crippen molar-refractivity contribution < 1.29 is 8.42 Å². The van der Waals surface area contributed by atoms with Crippen LogP contribution in [-0.4, -0.2) is 62.2 Å². The van der Waals surface area contributed by atoms with Gasteiger partial charge in [0.1, 0.15) is 0 Å². The Morgan fingerprint density at radius 1 is 1.15 bits per heavy atom. The second-order valence-corrected chi connectivity index (χ2v) is 10.7. The van der Waals surface area contributed by atoms with Crippen LogP contribution in [0.2, 0.25) is 0 Å². The van der Waals surface area contributed by atoms with Crippen LogP contribution in [0.1, 0.15) is 44.2 Å². The van der Waals surface area contributed by atoms with Crippen molar-refractivity contribution in [2.75, 3.05) is 40.3 Å². The molecular weight excluding hydrogens is 346 g/mol. The minimum Gasteiger partial charge on any atom is -0.298 e. The number of piperidine rings is 1. The lowest BCUT2D eigenvalue weighted by Gasteiger charge is -2.48. The maximum Gasteiger partial charge on any atom is 0.281 e. The Bertz CT molecular complexity index is 722. The fraction of sp³-hybridized carbons (Fsp3) is 0.700. The zero-order chi connectivity index (χ0) is 18.9. The molecule has 2 aliphatic rings. The predicted octanol–water partition coefficient (Wildman–Crippen LogP) is 2.69. The fourth-order valence-electron chi connectivity index (χ4n) is 4.39. The van der Waals surface area contributed by atoms with Gasteiger partial charge in [-0.15, -0.1) is 0 Å². The number of hydrogen-bond acceptors (Lipinski definition) is 3. The summed E-state index contributed by atoms with van der Waals surface area (Å²) in [6.07, 6.45) is 3.00. The van der Waals surface area contributed by atoms with Crippen molar-refractivity contribution >= 4 is 10.2 Å². The molecule has 0 aromatic heterocycles. The average molecular weight is 380 g/mol. The van der Waals surface area contributed by atoms with Crippen molar-refractivity contribution in [1.82, 2.24) is 13.5 Å². The first-order valence-electron chi connectivity index (χ1n) is 9.73. The SMILES string of the molecule is CC(C)CCN1Cc2ccccc2C2(CCN(S(=O)(=O)N(C)C)CC2)C1. The van der Waals surface area contributed by atoms with Gasteiger partial charge in [0.2, 0.25) is 0 Å². The molecule has 2 heterocycles. The molecule has 0 aliphatic carbocycles. The molecule has 0 amide bonds. The summed E-state index contributed by atoms with van der Waals surface area (Å²) in [5.74, 6) is 0.704. The lowest BCUT2D eigenvalue weighted by molar-refractivity contribution is 0.121. The smallest absolute Gasteiger partial charge is 0.281 e. The van der Waals surface area contributed by atoms with Crippen LogP contribution >= 0.6 is 0 Å². The first-order chi connectivity index (χ1) is 12.2. The predicted molar refractivity (Wildman–Crippen MR) is 106 cm³/mol. The molecule has 1 spiro atoms. The molecule has 3 rings (SSSR count). The standard InChI is InChI=1S/C20H33N3O2S/c1-17(2)9-12-22-15-18-7-5-6-8-19(18)20(16-22)10-13-23(14-11-20)26(24,25)21(3)4/h5-8,17H,9-16H2,1-4H3. The first kappa shape index (κ1) is 19.8. The Labute approximate surface area is 159 Å². The lowest BCUT2D eigenvalue weighted by Crippen LogP contribution is -2.54. The Balaban J connectivity index is 1.82. The molecule has 5 nitrogen and oxygen atoms in total.